The maximum atomic E-state index is 12.2. The van der Waals surface area contributed by atoms with E-state index in [0.717, 1.165) is 0 Å². The van der Waals surface area contributed by atoms with E-state index in [1.165, 1.54) is 11.8 Å². The Balaban J connectivity index is 2.66. The van der Waals surface area contributed by atoms with Crippen molar-refractivity contribution in [2.24, 2.45) is 5.73 Å². The van der Waals surface area contributed by atoms with Crippen molar-refractivity contribution in [3.05, 3.63) is 0 Å². The van der Waals surface area contributed by atoms with Gasteiger partial charge in [0.15, 0.2) is 0 Å². The molecule has 1 saturated heterocycles. The van der Waals surface area contributed by atoms with E-state index >= 15 is 0 Å². The van der Waals surface area contributed by atoms with Gasteiger partial charge in [0.2, 0.25) is 17.7 Å². The average molecular weight is 330 g/mol. The topological polar surface area (TPSA) is 162 Å². The van der Waals surface area contributed by atoms with Gasteiger partial charge in [-0.3, -0.25) is 19.2 Å². The number of nitrogens with two attached hydrogens (primary N) is 1. The predicted molar refractivity (Wildman–Crippen MR) is 78.0 cm³/mol. The number of carbonyl (C=O) groups excluding carboxylic acids is 3. The molecule has 0 bridgehead atoms. The fraction of sp³-hybridized carbons (Fsp3) is 0.692. The SMILES string of the molecule is CC(N)C(=O)N1CCCC1C(=O)NC(CO)C(=O)NCC(=O)O. The van der Waals surface area contributed by atoms with Crippen molar-refractivity contribution >= 4 is 23.7 Å². The molecule has 1 aliphatic rings. The first-order chi connectivity index (χ1) is 10.8. The standard InChI is InChI=1S/C13H22N4O6/c1-7(14)13(23)17-4-2-3-9(17)12(22)16-8(6-18)11(21)15-5-10(19)20/h7-9,18H,2-6,14H2,1H3,(H,15,21)(H,16,22)(H,19,20). The van der Waals surface area contributed by atoms with Crippen LogP contribution in [0.2, 0.25) is 0 Å². The minimum atomic E-state index is -1.28. The summed E-state index contributed by atoms with van der Waals surface area (Å²) in [5.74, 6) is -3.00. The van der Waals surface area contributed by atoms with Crippen LogP contribution >= 0.6 is 0 Å². The van der Waals surface area contributed by atoms with E-state index in [4.69, 9.17) is 10.8 Å². The molecule has 6 N–H and O–H groups in total. The summed E-state index contributed by atoms with van der Waals surface area (Å²) in [6.45, 7) is 0.605. The van der Waals surface area contributed by atoms with Crippen molar-refractivity contribution < 1.29 is 29.4 Å². The summed E-state index contributed by atoms with van der Waals surface area (Å²) < 4.78 is 0. The molecular weight excluding hydrogens is 308 g/mol. The number of rotatable bonds is 7. The quantitative estimate of drug-likeness (QED) is 0.332. The van der Waals surface area contributed by atoms with Gasteiger partial charge in [-0.1, -0.05) is 0 Å². The summed E-state index contributed by atoms with van der Waals surface area (Å²) in [5.41, 5.74) is 5.54. The first-order valence-corrected chi connectivity index (χ1v) is 7.24. The molecule has 0 aromatic heterocycles. The third kappa shape index (κ3) is 5.18. The number of aliphatic hydroxyl groups excluding tert-OH is 1. The first kappa shape index (κ1) is 18.8. The number of aliphatic carboxylic acids is 1. The molecule has 3 amide bonds. The minimum absolute atomic E-state index is 0.362. The van der Waals surface area contributed by atoms with Crippen molar-refractivity contribution in [1.82, 2.24) is 15.5 Å². The maximum Gasteiger partial charge on any atom is 0.322 e. The lowest BCUT2D eigenvalue weighted by Crippen LogP contribution is -2.56. The lowest BCUT2D eigenvalue weighted by molar-refractivity contribution is -0.141. The van der Waals surface area contributed by atoms with E-state index in [9.17, 15) is 24.3 Å². The van der Waals surface area contributed by atoms with Gasteiger partial charge in [0.1, 0.15) is 18.6 Å². The molecule has 3 atom stereocenters. The van der Waals surface area contributed by atoms with Crippen LogP contribution in [0.5, 0.6) is 0 Å². The zero-order chi connectivity index (χ0) is 17.6. The number of hydrogen-bond acceptors (Lipinski definition) is 6. The van der Waals surface area contributed by atoms with Crippen molar-refractivity contribution in [2.75, 3.05) is 19.7 Å². The Hall–Kier alpha value is -2.20. The average Bonchev–Trinajstić information content (AvgIpc) is 2.98. The van der Waals surface area contributed by atoms with Crippen LogP contribution in [0, 0.1) is 0 Å². The Morgan fingerprint density at radius 3 is 2.52 bits per heavy atom. The largest absolute Gasteiger partial charge is 0.480 e. The molecule has 1 aliphatic heterocycles. The molecule has 10 nitrogen and oxygen atoms in total. The van der Waals surface area contributed by atoms with Crippen molar-refractivity contribution in [1.29, 1.82) is 0 Å². The van der Waals surface area contributed by atoms with Crippen LogP contribution in [0.4, 0.5) is 0 Å². The highest BCUT2D eigenvalue weighted by atomic mass is 16.4. The lowest BCUT2D eigenvalue weighted by atomic mass is 10.1. The van der Waals surface area contributed by atoms with Gasteiger partial charge >= 0.3 is 5.97 Å². The van der Waals surface area contributed by atoms with E-state index in [0.29, 0.717) is 19.4 Å². The van der Waals surface area contributed by atoms with Crippen molar-refractivity contribution in [3.63, 3.8) is 0 Å². The van der Waals surface area contributed by atoms with Crippen molar-refractivity contribution in [2.45, 2.75) is 37.9 Å². The Labute approximate surface area is 133 Å². The van der Waals surface area contributed by atoms with Crippen LogP contribution in [0.3, 0.4) is 0 Å². The molecule has 10 heteroatoms. The number of amides is 3. The molecule has 0 saturated carbocycles. The number of hydrogen-bond donors (Lipinski definition) is 5. The van der Waals surface area contributed by atoms with Crippen molar-refractivity contribution in [3.8, 4) is 0 Å². The third-order valence-electron chi connectivity index (χ3n) is 3.46. The highest BCUT2D eigenvalue weighted by molar-refractivity contribution is 5.94. The normalized spacial score (nSPS) is 19.8. The molecule has 0 aliphatic carbocycles. The second kappa shape index (κ2) is 8.44. The second-order valence-electron chi connectivity index (χ2n) is 5.33. The van der Waals surface area contributed by atoms with E-state index in [2.05, 4.69) is 10.6 Å². The van der Waals surface area contributed by atoms with Crippen LogP contribution in [0.25, 0.3) is 0 Å². The number of carboxylic acids is 1. The third-order valence-corrected chi connectivity index (χ3v) is 3.46. The molecule has 1 fully saturated rings. The molecule has 23 heavy (non-hydrogen) atoms. The van der Waals surface area contributed by atoms with Gasteiger partial charge in [0.05, 0.1) is 12.6 Å². The second-order valence-corrected chi connectivity index (χ2v) is 5.33. The summed E-state index contributed by atoms with van der Waals surface area (Å²) in [6.07, 6.45) is 1.06. The van der Waals surface area contributed by atoms with Gasteiger partial charge in [-0.2, -0.15) is 0 Å². The fourth-order valence-electron chi connectivity index (χ4n) is 2.31. The maximum absolute atomic E-state index is 12.2. The summed E-state index contributed by atoms with van der Waals surface area (Å²) in [4.78, 5) is 47.7. The molecule has 3 unspecified atom stereocenters. The minimum Gasteiger partial charge on any atom is -0.480 e. The number of carboxylic acid groups (broad SMARTS) is 1. The lowest BCUT2D eigenvalue weighted by Gasteiger charge is -2.27. The van der Waals surface area contributed by atoms with Crippen LogP contribution in [-0.2, 0) is 19.2 Å². The first-order valence-electron chi connectivity index (χ1n) is 7.24. The van der Waals surface area contributed by atoms with Crippen LogP contribution in [-0.4, -0.2) is 76.6 Å². The summed E-state index contributed by atoms with van der Waals surface area (Å²) >= 11 is 0. The fourth-order valence-corrected chi connectivity index (χ4v) is 2.31. The number of carbonyl (C=O) groups is 4. The predicted octanol–water partition coefficient (Wildman–Crippen LogP) is -3.00. The van der Waals surface area contributed by atoms with Gasteiger partial charge in [-0.05, 0) is 19.8 Å². The highest BCUT2D eigenvalue weighted by Gasteiger charge is 2.36. The Bertz CT molecular complexity index is 481. The Kier molecular flexibility index (Phi) is 6.91. The smallest absolute Gasteiger partial charge is 0.322 e. The molecule has 0 aromatic carbocycles. The number of nitrogens with zero attached hydrogens (tertiary/aromatic N) is 1. The van der Waals surface area contributed by atoms with Crippen LogP contribution in [0.1, 0.15) is 19.8 Å². The van der Waals surface area contributed by atoms with Gasteiger partial charge in [-0.25, -0.2) is 0 Å². The van der Waals surface area contributed by atoms with E-state index in [-0.39, 0.29) is 5.91 Å². The summed E-state index contributed by atoms with van der Waals surface area (Å²) in [7, 11) is 0. The molecular formula is C13H22N4O6. The summed E-state index contributed by atoms with van der Waals surface area (Å²) in [5, 5.41) is 22.1. The summed E-state index contributed by atoms with van der Waals surface area (Å²) in [6, 6.07) is -2.78. The van der Waals surface area contributed by atoms with E-state index < -0.39 is 49.1 Å². The molecule has 0 aromatic rings. The van der Waals surface area contributed by atoms with Gasteiger partial charge in [0, 0.05) is 6.54 Å². The Morgan fingerprint density at radius 2 is 2.00 bits per heavy atom. The van der Waals surface area contributed by atoms with Crippen LogP contribution in [0.15, 0.2) is 0 Å². The highest BCUT2D eigenvalue weighted by Crippen LogP contribution is 2.18. The molecule has 1 rings (SSSR count). The molecule has 0 radical (unpaired) electrons. The zero-order valence-corrected chi connectivity index (χ0v) is 12.8. The van der Waals surface area contributed by atoms with Crippen LogP contribution < -0.4 is 16.4 Å². The van der Waals surface area contributed by atoms with Gasteiger partial charge < -0.3 is 31.5 Å². The number of nitrogens with one attached hydrogen (secondary N) is 2. The van der Waals surface area contributed by atoms with Gasteiger partial charge in [0.25, 0.3) is 0 Å². The van der Waals surface area contributed by atoms with E-state index in [1.54, 1.807) is 0 Å². The molecule has 0 spiro atoms. The molecule has 1 heterocycles. The number of aliphatic hydroxyl groups is 1. The Morgan fingerprint density at radius 1 is 1.35 bits per heavy atom. The monoisotopic (exact) mass is 330 g/mol. The van der Waals surface area contributed by atoms with E-state index in [1.807, 2.05) is 0 Å². The van der Waals surface area contributed by atoms with Gasteiger partial charge in [-0.15, -0.1) is 0 Å². The molecule has 130 valence electrons. The zero-order valence-electron chi connectivity index (χ0n) is 12.8. The number of likely N-dealkylation sites (tertiary alicyclic amines) is 1.